The molecule has 6 heteroatoms. The number of anilines is 1. The summed E-state index contributed by atoms with van der Waals surface area (Å²) in [5, 5.41) is 14.4. The minimum Gasteiger partial charge on any atom is -0.478 e. The Kier molecular flexibility index (Phi) is 5.00. The highest BCUT2D eigenvalue weighted by Crippen LogP contribution is 2.28. The number of aromatic carboxylic acids is 1. The van der Waals surface area contributed by atoms with Gasteiger partial charge in [0, 0.05) is 16.7 Å². The second-order valence-electron chi connectivity index (χ2n) is 5.00. The Balaban J connectivity index is 1.84. The predicted octanol–water partition coefficient (Wildman–Crippen LogP) is 3.46. The van der Waals surface area contributed by atoms with Crippen LogP contribution in [-0.4, -0.2) is 23.7 Å². The van der Waals surface area contributed by atoms with E-state index in [4.69, 9.17) is 5.11 Å². The van der Waals surface area contributed by atoms with Crippen LogP contribution in [-0.2, 0) is 0 Å². The largest absolute Gasteiger partial charge is 0.478 e. The number of nitrogens with one attached hydrogen (secondary N) is 2. The lowest BCUT2D eigenvalue weighted by Crippen LogP contribution is -2.31. The number of amides is 2. The molecule has 5 nitrogen and oxygen atoms in total. The third-order valence-corrected chi connectivity index (χ3v) is 3.92. The van der Waals surface area contributed by atoms with Crippen molar-refractivity contribution in [3.63, 3.8) is 0 Å². The average Bonchev–Trinajstić information content (AvgIpc) is 2.31. The van der Waals surface area contributed by atoms with Crippen LogP contribution in [0.5, 0.6) is 0 Å². The first kappa shape index (κ1) is 14.8. The van der Waals surface area contributed by atoms with Crippen molar-refractivity contribution in [3.8, 4) is 0 Å². The molecule has 2 amide bonds. The molecule has 1 aromatic rings. The zero-order valence-electron chi connectivity index (χ0n) is 11.0. The summed E-state index contributed by atoms with van der Waals surface area (Å²) < 4.78 is 0.613. The molecule has 0 radical (unpaired) electrons. The van der Waals surface area contributed by atoms with Gasteiger partial charge in [-0.1, -0.05) is 35.2 Å². The zero-order valence-corrected chi connectivity index (χ0v) is 12.6. The van der Waals surface area contributed by atoms with Crippen LogP contribution in [0.2, 0.25) is 0 Å². The normalized spacial score (nSPS) is 14.4. The van der Waals surface area contributed by atoms with Gasteiger partial charge in [0.1, 0.15) is 0 Å². The molecule has 2 rings (SSSR count). The van der Waals surface area contributed by atoms with E-state index in [1.54, 1.807) is 6.07 Å². The molecule has 0 spiro atoms. The molecular formula is C14H17BrN2O3. The quantitative estimate of drug-likeness (QED) is 0.767. The van der Waals surface area contributed by atoms with Gasteiger partial charge in [-0.15, -0.1) is 0 Å². The highest BCUT2D eigenvalue weighted by Gasteiger charge is 2.16. The minimum absolute atomic E-state index is 0.129. The molecule has 0 aromatic heterocycles. The van der Waals surface area contributed by atoms with E-state index in [2.05, 4.69) is 26.6 Å². The molecule has 0 saturated heterocycles. The first-order chi connectivity index (χ1) is 9.54. The molecule has 1 fully saturated rings. The Hall–Kier alpha value is -1.56. The number of rotatable bonds is 5. The summed E-state index contributed by atoms with van der Waals surface area (Å²) in [5.41, 5.74) is 0.585. The van der Waals surface area contributed by atoms with E-state index < -0.39 is 5.97 Å². The fraction of sp³-hybridized carbons (Fsp3) is 0.429. The van der Waals surface area contributed by atoms with Crippen molar-refractivity contribution >= 4 is 33.6 Å². The monoisotopic (exact) mass is 340 g/mol. The van der Waals surface area contributed by atoms with Crippen molar-refractivity contribution in [3.05, 3.63) is 28.2 Å². The summed E-state index contributed by atoms with van der Waals surface area (Å²) >= 11 is 3.22. The number of hydrogen-bond donors (Lipinski definition) is 3. The third kappa shape index (κ3) is 4.23. The molecule has 1 aromatic carbocycles. The Morgan fingerprint density at radius 1 is 1.30 bits per heavy atom. The van der Waals surface area contributed by atoms with Gasteiger partial charge in [0.15, 0.2) is 0 Å². The lowest BCUT2D eigenvalue weighted by atomic mass is 9.83. The molecule has 1 aliphatic carbocycles. The van der Waals surface area contributed by atoms with Crippen LogP contribution in [0.15, 0.2) is 22.7 Å². The van der Waals surface area contributed by atoms with E-state index in [1.807, 2.05) is 0 Å². The molecule has 1 saturated carbocycles. The molecule has 0 bridgehead atoms. The van der Waals surface area contributed by atoms with Crippen molar-refractivity contribution in [2.75, 3.05) is 11.9 Å². The standard InChI is InChI=1S/C14H17BrN2O3/c15-11-6-10(13(18)19)7-12(8-11)17-14(20)16-5-4-9-2-1-3-9/h6-9H,1-5H2,(H,18,19)(H2,16,17,20). The lowest BCUT2D eigenvalue weighted by molar-refractivity contribution is 0.0697. The van der Waals surface area contributed by atoms with Crippen LogP contribution in [0.1, 0.15) is 36.0 Å². The van der Waals surface area contributed by atoms with E-state index in [0.717, 1.165) is 12.3 Å². The van der Waals surface area contributed by atoms with Gasteiger partial charge in [0.2, 0.25) is 0 Å². The number of carbonyl (C=O) groups is 2. The van der Waals surface area contributed by atoms with Gasteiger partial charge in [-0.05, 0) is 30.5 Å². The SMILES string of the molecule is O=C(NCCC1CCC1)Nc1cc(Br)cc(C(=O)O)c1. The van der Waals surface area contributed by atoms with E-state index in [-0.39, 0.29) is 11.6 Å². The van der Waals surface area contributed by atoms with E-state index in [0.29, 0.717) is 16.7 Å². The number of carboxylic acids is 1. The number of urea groups is 1. The lowest BCUT2D eigenvalue weighted by Gasteiger charge is -2.25. The molecule has 0 aliphatic heterocycles. The number of benzene rings is 1. The zero-order chi connectivity index (χ0) is 14.5. The molecular weight excluding hydrogens is 324 g/mol. The van der Waals surface area contributed by atoms with Crippen LogP contribution >= 0.6 is 15.9 Å². The Bertz CT molecular complexity index is 515. The highest BCUT2D eigenvalue weighted by atomic mass is 79.9. The fourth-order valence-electron chi connectivity index (χ4n) is 2.13. The molecule has 108 valence electrons. The van der Waals surface area contributed by atoms with Gasteiger partial charge >= 0.3 is 12.0 Å². The molecule has 0 atom stereocenters. The number of halogens is 1. The topological polar surface area (TPSA) is 78.4 Å². The maximum Gasteiger partial charge on any atom is 0.335 e. The molecule has 20 heavy (non-hydrogen) atoms. The van der Waals surface area contributed by atoms with Crippen LogP contribution in [0.25, 0.3) is 0 Å². The maximum absolute atomic E-state index is 11.7. The fourth-order valence-corrected chi connectivity index (χ4v) is 2.63. The summed E-state index contributed by atoms with van der Waals surface area (Å²) in [6, 6.07) is 4.28. The van der Waals surface area contributed by atoms with E-state index in [1.165, 1.54) is 31.4 Å². The summed E-state index contributed by atoms with van der Waals surface area (Å²) in [4.78, 5) is 22.6. The first-order valence-electron chi connectivity index (χ1n) is 6.63. The van der Waals surface area contributed by atoms with Gasteiger partial charge in [-0.3, -0.25) is 0 Å². The van der Waals surface area contributed by atoms with Crippen molar-refractivity contribution in [2.45, 2.75) is 25.7 Å². The highest BCUT2D eigenvalue weighted by molar-refractivity contribution is 9.10. The summed E-state index contributed by atoms with van der Waals surface area (Å²) in [7, 11) is 0. The van der Waals surface area contributed by atoms with Crippen molar-refractivity contribution in [1.29, 1.82) is 0 Å². The molecule has 0 heterocycles. The van der Waals surface area contributed by atoms with Crippen LogP contribution in [0, 0.1) is 5.92 Å². The van der Waals surface area contributed by atoms with Crippen molar-refractivity contribution in [2.24, 2.45) is 5.92 Å². The van der Waals surface area contributed by atoms with Gasteiger partial charge in [0.05, 0.1) is 5.56 Å². The van der Waals surface area contributed by atoms with Gasteiger partial charge < -0.3 is 15.7 Å². The first-order valence-corrected chi connectivity index (χ1v) is 7.42. The van der Waals surface area contributed by atoms with Crippen molar-refractivity contribution in [1.82, 2.24) is 5.32 Å². The Morgan fingerprint density at radius 2 is 2.05 bits per heavy atom. The molecule has 3 N–H and O–H groups in total. The third-order valence-electron chi connectivity index (χ3n) is 3.47. The summed E-state index contributed by atoms with van der Waals surface area (Å²) in [6.07, 6.45) is 4.83. The maximum atomic E-state index is 11.7. The second-order valence-corrected chi connectivity index (χ2v) is 5.92. The minimum atomic E-state index is -1.03. The molecule has 1 aliphatic rings. The van der Waals surface area contributed by atoms with Crippen LogP contribution < -0.4 is 10.6 Å². The Labute approximate surface area is 125 Å². The average molecular weight is 341 g/mol. The Morgan fingerprint density at radius 3 is 2.65 bits per heavy atom. The molecule has 0 unspecified atom stereocenters. The van der Waals surface area contributed by atoms with E-state index in [9.17, 15) is 9.59 Å². The van der Waals surface area contributed by atoms with Crippen LogP contribution in [0.3, 0.4) is 0 Å². The predicted molar refractivity (Wildman–Crippen MR) is 80.1 cm³/mol. The smallest absolute Gasteiger partial charge is 0.335 e. The van der Waals surface area contributed by atoms with Crippen molar-refractivity contribution < 1.29 is 14.7 Å². The number of hydrogen-bond acceptors (Lipinski definition) is 2. The van der Waals surface area contributed by atoms with E-state index >= 15 is 0 Å². The number of carboxylic acid groups (broad SMARTS) is 1. The summed E-state index contributed by atoms with van der Waals surface area (Å²) in [5.74, 6) is -0.278. The summed E-state index contributed by atoms with van der Waals surface area (Å²) in [6.45, 7) is 0.649. The van der Waals surface area contributed by atoms with Crippen LogP contribution in [0.4, 0.5) is 10.5 Å². The van der Waals surface area contributed by atoms with Gasteiger partial charge in [0.25, 0.3) is 0 Å². The number of carbonyl (C=O) groups excluding carboxylic acids is 1. The van der Waals surface area contributed by atoms with Gasteiger partial charge in [-0.25, -0.2) is 9.59 Å². The second kappa shape index (κ2) is 6.74. The van der Waals surface area contributed by atoms with Gasteiger partial charge in [-0.2, -0.15) is 0 Å².